The highest BCUT2D eigenvalue weighted by molar-refractivity contribution is 5.92. The molecule has 21 heavy (non-hydrogen) atoms. The molecule has 0 saturated heterocycles. The molecule has 6 heteroatoms. The molecule has 3 N–H and O–H groups in total. The maximum absolute atomic E-state index is 12.0. The number of carbonyl (C=O) groups is 1. The molecule has 0 saturated carbocycles. The number of nitrogens with one attached hydrogen (secondary N) is 1. The average molecular weight is 285 g/mol. The molecule has 2 heterocycles. The average Bonchev–Trinajstić information content (AvgIpc) is 3.00. The van der Waals surface area contributed by atoms with Gasteiger partial charge < -0.3 is 20.5 Å². The second-order valence-corrected chi connectivity index (χ2v) is 4.63. The van der Waals surface area contributed by atoms with Gasteiger partial charge >= 0.3 is 0 Å². The van der Waals surface area contributed by atoms with Crippen LogP contribution in [-0.4, -0.2) is 17.7 Å². The highest BCUT2D eigenvalue weighted by Crippen LogP contribution is 2.32. The van der Waals surface area contributed by atoms with Crippen molar-refractivity contribution in [3.8, 4) is 11.5 Å². The standard InChI is InChI=1S/C15H15N3O3/c16-6-11-1-3-12(17-8-11)15(19)18-7-10-2-4-13-14(5-10)21-9-20-13/h1-5,8H,6-7,9,16H2,(H,18,19). The third-order valence-electron chi connectivity index (χ3n) is 3.18. The molecule has 0 fully saturated rings. The number of nitrogens with two attached hydrogens (primary N) is 1. The fraction of sp³-hybridized carbons (Fsp3) is 0.200. The Morgan fingerprint density at radius 1 is 1.19 bits per heavy atom. The lowest BCUT2D eigenvalue weighted by Crippen LogP contribution is -2.23. The zero-order valence-electron chi connectivity index (χ0n) is 11.3. The van der Waals surface area contributed by atoms with E-state index in [-0.39, 0.29) is 12.7 Å². The van der Waals surface area contributed by atoms with Crippen LogP contribution >= 0.6 is 0 Å². The summed E-state index contributed by atoms with van der Waals surface area (Å²) < 4.78 is 10.5. The fourth-order valence-corrected chi connectivity index (χ4v) is 2.00. The monoisotopic (exact) mass is 285 g/mol. The van der Waals surface area contributed by atoms with Gasteiger partial charge in [-0.3, -0.25) is 9.78 Å². The summed E-state index contributed by atoms with van der Waals surface area (Å²) in [6.07, 6.45) is 1.61. The van der Waals surface area contributed by atoms with Gasteiger partial charge in [0.15, 0.2) is 11.5 Å². The Morgan fingerprint density at radius 2 is 2.00 bits per heavy atom. The van der Waals surface area contributed by atoms with Crippen molar-refractivity contribution in [1.29, 1.82) is 0 Å². The van der Waals surface area contributed by atoms with Crippen LogP contribution in [0.2, 0.25) is 0 Å². The maximum Gasteiger partial charge on any atom is 0.270 e. The van der Waals surface area contributed by atoms with E-state index in [1.54, 1.807) is 18.3 Å². The number of benzene rings is 1. The van der Waals surface area contributed by atoms with Gasteiger partial charge in [-0.25, -0.2) is 0 Å². The van der Waals surface area contributed by atoms with E-state index in [0.717, 1.165) is 16.9 Å². The summed E-state index contributed by atoms with van der Waals surface area (Å²) in [4.78, 5) is 16.1. The molecule has 1 aliphatic heterocycles. The number of carbonyl (C=O) groups excluding carboxylic acids is 1. The van der Waals surface area contributed by atoms with E-state index in [0.29, 0.717) is 24.5 Å². The highest BCUT2D eigenvalue weighted by Gasteiger charge is 2.13. The summed E-state index contributed by atoms with van der Waals surface area (Å²) >= 11 is 0. The molecule has 2 aromatic rings. The van der Waals surface area contributed by atoms with Crippen molar-refractivity contribution < 1.29 is 14.3 Å². The molecule has 1 aliphatic rings. The van der Waals surface area contributed by atoms with Crippen LogP contribution in [-0.2, 0) is 13.1 Å². The SMILES string of the molecule is NCc1ccc(C(=O)NCc2ccc3c(c2)OCO3)nc1. The topological polar surface area (TPSA) is 86.5 Å². The van der Waals surface area contributed by atoms with Crippen LogP contribution in [0.1, 0.15) is 21.6 Å². The van der Waals surface area contributed by atoms with Crippen molar-refractivity contribution in [3.05, 3.63) is 53.3 Å². The van der Waals surface area contributed by atoms with Crippen LogP contribution in [0.15, 0.2) is 36.5 Å². The predicted molar refractivity (Wildman–Crippen MR) is 75.9 cm³/mol. The lowest BCUT2D eigenvalue weighted by molar-refractivity contribution is 0.0946. The lowest BCUT2D eigenvalue weighted by atomic mass is 10.2. The Kier molecular flexibility index (Phi) is 3.70. The Hall–Kier alpha value is -2.60. The van der Waals surface area contributed by atoms with E-state index in [1.165, 1.54) is 0 Å². The van der Waals surface area contributed by atoms with E-state index in [2.05, 4.69) is 10.3 Å². The maximum atomic E-state index is 12.0. The number of ether oxygens (including phenoxy) is 2. The van der Waals surface area contributed by atoms with Gasteiger partial charge in [0.2, 0.25) is 6.79 Å². The summed E-state index contributed by atoms with van der Waals surface area (Å²) in [6, 6.07) is 9.03. The summed E-state index contributed by atoms with van der Waals surface area (Å²) in [5.41, 5.74) is 7.69. The summed E-state index contributed by atoms with van der Waals surface area (Å²) in [5, 5.41) is 2.81. The van der Waals surface area contributed by atoms with Crippen LogP contribution < -0.4 is 20.5 Å². The highest BCUT2D eigenvalue weighted by atomic mass is 16.7. The fourth-order valence-electron chi connectivity index (χ4n) is 2.00. The van der Waals surface area contributed by atoms with Gasteiger partial charge in [-0.15, -0.1) is 0 Å². The summed E-state index contributed by atoms with van der Waals surface area (Å²) in [7, 11) is 0. The van der Waals surface area contributed by atoms with Crippen LogP contribution in [0.3, 0.4) is 0 Å². The molecular weight excluding hydrogens is 270 g/mol. The number of hydrogen-bond acceptors (Lipinski definition) is 5. The Morgan fingerprint density at radius 3 is 2.76 bits per heavy atom. The lowest BCUT2D eigenvalue weighted by Gasteiger charge is -2.06. The predicted octanol–water partition coefficient (Wildman–Crippen LogP) is 1.20. The second kappa shape index (κ2) is 5.80. The van der Waals surface area contributed by atoms with E-state index in [9.17, 15) is 4.79 Å². The normalized spacial score (nSPS) is 12.2. The molecule has 1 amide bonds. The molecule has 0 bridgehead atoms. The Balaban J connectivity index is 1.62. The number of hydrogen-bond donors (Lipinski definition) is 2. The van der Waals surface area contributed by atoms with E-state index in [1.807, 2.05) is 18.2 Å². The molecule has 3 rings (SSSR count). The van der Waals surface area contributed by atoms with Gasteiger partial charge in [-0.2, -0.15) is 0 Å². The first-order valence-corrected chi connectivity index (χ1v) is 6.58. The smallest absolute Gasteiger partial charge is 0.270 e. The zero-order chi connectivity index (χ0) is 14.7. The first kappa shape index (κ1) is 13.4. The molecule has 6 nitrogen and oxygen atoms in total. The number of rotatable bonds is 4. The molecule has 0 radical (unpaired) electrons. The number of aromatic nitrogens is 1. The number of amides is 1. The van der Waals surface area contributed by atoms with Gasteiger partial charge in [-0.1, -0.05) is 12.1 Å². The van der Waals surface area contributed by atoms with Gasteiger partial charge in [0, 0.05) is 19.3 Å². The minimum Gasteiger partial charge on any atom is -0.454 e. The molecular formula is C15H15N3O3. The number of nitrogens with zero attached hydrogens (tertiary/aromatic N) is 1. The summed E-state index contributed by atoms with van der Waals surface area (Å²) in [6.45, 7) is 1.05. The van der Waals surface area contributed by atoms with Crippen LogP contribution in [0.4, 0.5) is 0 Å². The van der Waals surface area contributed by atoms with E-state index >= 15 is 0 Å². The van der Waals surface area contributed by atoms with Crippen LogP contribution in [0.25, 0.3) is 0 Å². The molecule has 108 valence electrons. The second-order valence-electron chi connectivity index (χ2n) is 4.63. The third-order valence-corrected chi connectivity index (χ3v) is 3.18. The molecule has 1 aromatic heterocycles. The van der Waals surface area contributed by atoms with Crippen LogP contribution in [0.5, 0.6) is 11.5 Å². The van der Waals surface area contributed by atoms with E-state index < -0.39 is 0 Å². The molecule has 0 spiro atoms. The zero-order valence-corrected chi connectivity index (χ0v) is 11.3. The van der Waals surface area contributed by atoms with Crippen molar-refractivity contribution in [2.45, 2.75) is 13.1 Å². The van der Waals surface area contributed by atoms with Crippen molar-refractivity contribution >= 4 is 5.91 Å². The minimum atomic E-state index is -0.226. The van der Waals surface area contributed by atoms with Crippen molar-refractivity contribution in [2.75, 3.05) is 6.79 Å². The largest absolute Gasteiger partial charge is 0.454 e. The van der Waals surface area contributed by atoms with Gasteiger partial charge in [0.05, 0.1) is 0 Å². The Bertz CT molecular complexity index is 656. The molecule has 0 aliphatic carbocycles. The number of fused-ring (bicyclic) bond motifs is 1. The van der Waals surface area contributed by atoms with Crippen molar-refractivity contribution in [3.63, 3.8) is 0 Å². The van der Waals surface area contributed by atoms with Crippen LogP contribution in [0, 0.1) is 0 Å². The van der Waals surface area contributed by atoms with Crippen molar-refractivity contribution in [2.24, 2.45) is 5.73 Å². The van der Waals surface area contributed by atoms with Crippen molar-refractivity contribution in [1.82, 2.24) is 10.3 Å². The quantitative estimate of drug-likeness (QED) is 0.881. The summed E-state index contributed by atoms with van der Waals surface area (Å²) in [5.74, 6) is 1.20. The molecule has 0 unspecified atom stereocenters. The molecule has 1 aromatic carbocycles. The first-order chi connectivity index (χ1) is 10.3. The Labute approximate surface area is 121 Å². The van der Waals surface area contributed by atoms with Gasteiger partial charge in [-0.05, 0) is 29.3 Å². The van der Waals surface area contributed by atoms with Gasteiger partial charge in [0.1, 0.15) is 5.69 Å². The van der Waals surface area contributed by atoms with Gasteiger partial charge in [0.25, 0.3) is 5.91 Å². The van der Waals surface area contributed by atoms with E-state index in [4.69, 9.17) is 15.2 Å². The third kappa shape index (κ3) is 2.95. The molecule has 0 atom stereocenters. The minimum absolute atomic E-state index is 0.226. The first-order valence-electron chi connectivity index (χ1n) is 6.58. The number of pyridine rings is 1.